The molecular formula is C11H18N2O5. The van der Waals surface area contributed by atoms with Crippen molar-refractivity contribution in [3.05, 3.63) is 17.5 Å². The standard InChI is InChI=1S/C11H18N2O5/c1-16-6-4-13(3-5-14)11(15)10-7-9(8-17-2)18-12-10/h7,14H,3-6,8H2,1-2H3. The average molecular weight is 258 g/mol. The maximum Gasteiger partial charge on any atom is 0.276 e. The predicted molar refractivity (Wildman–Crippen MR) is 62.1 cm³/mol. The number of aliphatic hydroxyl groups is 1. The molecule has 1 amide bonds. The lowest BCUT2D eigenvalue weighted by Crippen LogP contribution is -2.36. The Balaban J connectivity index is 2.67. The number of aromatic nitrogens is 1. The molecule has 1 N–H and O–H groups in total. The van der Waals surface area contributed by atoms with Gasteiger partial charge >= 0.3 is 0 Å². The topological polar surface area (TPSA) is 85.0 Å². The fraction of sp³-hybridized carbons (Fsp3) is 0.636. The van der Waals surface area contributed by atoms with E-state index in [0.717, 1.165) is 0 Å². The number of amides is 1. The summed E-state index contributed by atoms with van der Waals surface area (Å²) >= 11 is 0. The van der Waals surface area contributed by atoms with Crippen molar-refractivity contribution < 1.29 is 23.9 Å². The van der Waals surface area contributed by atoms with Gasteiger partial charge in [0.25, 0.3) is 5.91 Å². The van der Waals surface area contributed by atoms with Gasteiger partial charge in [-0.15, -0.1) is 0 Å². The van der Waals surface area contributed by atoms with Gasteiger partial charge in [-0.2, -0.15) is 0 Å². The first-order valence-electron chi connectivity index (χ1n) is 5.56. The highest BCUT2D eigenvalue weighted by molar-refractivity contribution is 5.92. The third-order valence-corrected chi connectivity index (χ3v) is 2.29. The van der Waals surface area contributed by atoms with Crippen molar-refractivity contribution in [3.63, 3.8) is 0 Å². The lowest BCUT2D eigenvalue weighted by atomic mass is 10.3. The first-order chi connectivity index (χ1) is 8.72. The van der Waals surface area contributed by atoms with Crippen LogP contribution in [0.2, 0.25) is 0 Å². The predicted octanol–water partition coefficient (Wildman–Crippen LogP) is -0.0981. The van der Waals surface area contributed by atoms with E-state index < -0.39 is 0 Å². The van der Waals surface area contributed by atoms with E-state index in [1.807, 2.05) is 0 Å². The SMILES string of the molecule is COCCN(CCO)C(=O)c1cc(COC)on1. The molecule has 7 heteroatoms. The summed E-state index contributed by atoms with van der Waals surface area (Å²) in [4.78, 5) is 13.5. The quantitative estimate of drug-likeness (QED) is 0.701. The zero-order valence-corrected chi connectivity index (χ0v) is 10.6. The molecule has 0 aliphatic heterocycles. The highest BCUT2D eigenvalue weighted by atomic mass is 16.5. The molecule has 0 bridgehead atoms. The number of ether oxygens (including phenoxy) is 2. The van der Waals surface area contributed by atoms with Gasteiger partial charge in [0.05, 0.1) is 13.2 Å². The molecule has 0 saturated carbocycles. The summed E-state index contributed by atoms with van der Waals surface area (Å²) in [6.07, 6.45) is 0. The lowest BCUT2D eigenvalue weighted by Gasteiger charge is -2.19. The second kappa shape index (κ2) is 7.80. The third-order valence-electron chi connectivity index (χ3n) is 2.29. The summed E-state index contributed by atoms with van der Waals surface area (Å²) in [6, 6.07) is 1.53. The molecule has 0 fully saturated rings. The molecule has 0 spiro atoms. The van der Waals surface area contributed by atoms with E-state index in [1.165, 1.54) is 18.1 Å². The smallest absolute Gasteiger partial charge is 0.276 e. The minimum atomic E-state index is -0.299. The van der Waals surface area contributed by atoms with Crippen molar-refractivity contribution in [1.29, 1.82) is 0 Å². The first-order valence-corrected chi connectivity index (χ1v) is 5.56. The minimum absolute atomic E-state index is 0.113. The Kier molecular flexibility index (Phi) is 6.34. The van der Waals surface area contributed by atoms with Gasteiger partial charge < -0.3 is 24.0 Å². The Morgan fingerprint density at radius 1 is 1.44 bits per heavy atom. The second-order valence-electron chi connectivity index (χ2n) is 3.62. The fourth-order valence-corrected chi connectivity index (χ4v) is 1.42. The monoisotopic (exact) mass is 258 g/mol. The Labute approximate surface area is 105 Å². The van der Waals surface area contributed by atoms with Gasteiger partial charge in [-0.05, 0) is 0 Å². The molecule has 1 aromatic heterocycles. The van der Waals surface area contributed by atoms with E-state index in [0.29, 0.717) is 18.9 Å². The Hall–Kier alpha value is -1.44. The molecule has 102 valence electrons. The fourth-order valence-electron chi connectivity index (χ4n) is 1.42. The van der Waals surface area contributed by atoms with Crippen LogP contribution >= 0.6 is 0 Å². The van der Waals surface area contributed by atoms with E-state index in [-0.39, 0.29) is 31.4 Å². The average Bonchev–Trinajstić information content (AvgIpc) is 2.83. The molecule has 7 nitrogen and oxygen atoms in total. The Morgan fingerprint density at radius 3 is 2.83 bits per heavy atom. The van der Waals surface area contributed by atoms with E-state index in [2.05, 4.69) is 5.16 Å². The van der Waals surface area contributed by atoms with Crippen LogP contribution in [0.4, 0.5) is 0 Å². The van der Waals surface area contributed by atoms with Crippen LogP contribution in [0.1, 0.15) is 16.2 Å². The molecule has 1 aromatic rings. The molecule has 0 atom stereocenters. The van der Waals surface area contributed by atoms with Crippen molar-refractivity contribution in [2.75, 3.05) is 40.5 Å². The molecule has 1 rings (SSSR count). The minimum Gasteiger partial charge on any atom is -0.395 e. The molecule has 0 radical (unpaired) electrons. The summed E-state index contributed by atoms with van der Waals surface area (Å²) in [6.45, 7) is 1.17. The lowest BCUT2D eigenvalue weighted by molar-refractivity contribution is 0.0646. The van der Waals surface area contributed by atoms with Crippen LogP contribution in [-0.2, 0) is 16.1 Å². The van der Waals surface area contributed by atoms with Crippen molar-refractivity contribution in [2.45, 2.75) is 6.61 Å². The summed E-state index contributed by atoms with van der Waals surface area (Å²) < 4.78 is 14.7. The highest BCUT2D eigenvalue weighted by Gasteiger charge is 2.19. The van der Waals surface area contributed by atoms with E-state index >= 15 is 0 Å². The second-order valence-corrected chi connectivity index (χ2v) is 3.62. The van der Waals surface area contributed by atoms with Gasteiger partial charge in [0.1, 0.15) is 6.61 Å². The van der Waals surface area contributed by atoms with Gasteiger partial charge in [0.15, 0.2) is 11.5 Å². The van der Waals surface area contributed by atoms with Crippen LogP contribution in [0.5, 0.6) is 0 Å². The van der Waals surface area contributed by atoms with Crippen molar-refractivity contribution in [2.24, 2.45) is 0 Å². The molecule has 0 aromatic carbocycles. The molecular weight excluding hydrogens is 240 g/mol. The number of hydrogen-bond acceptors (Lipinski definition) is 6. The molecule has 0 aliphatic rings. The molecule has 0 saturated heterocycles. The zero-order chi connectivity index (χ0) is 13.4. The van der Waals surface area contributed by atoms with Crippen LogP contribution in [0.15, 0.2) is 10.6 Å². The van der Waals surface area contributed by atoms with E-state index in [4.69, 9.17) is 19.1 Å². The maximum atomic E-state index is 12.1. The summed E-state index contributed by atoms with van der Waals surface area (Å²) in [5.74, 6) is 0.184. The largest absolute Gasteiger partial charge is 0.395 e. The number of nitrogens with zero attached hydrogens (tertiary/aromatic N) is 2. The molecule has 18 heavy (non-hydrogen) atoms. The molecule has 0 aliphatic carbocycles. The van der Waals surface area contributed by atoms with Gasteiger partial charge in [0, 0.05) is 33.4 Å². The number of methoxy groups -OCH3 is 2. The summed E-state index contributed by atoms with van der Waals surface area (Å²) in [7, 11) is 3.08. The number of rotatable bonds is 8. The van der Waals surface area contributed by atoms with Gasteiger partial charge in [-0.3, -0.25) is 4.79 Å². The van der Waals surface area contributed by atoms with Crippen LogP contribution < -0.4 is 0 Å². The van der Waals surface area contributed by atoms with Crippen LogP contribution in [0, 0.1) is 0 Å². The summed E-state index contributed by atoms with van der Waals surface area (Å²) in [5.41, 5.74) is 0.201. The van der Waals surface area contributed by atoms with E-state index in [9.17, 15) is 4.79 Å². The number of hydrogen-bond donors (Lipinski definition) is 1. The first kappa shape index (κ1) is 14.6. The third kappa shape index (κ3) is 4.10. The number of carbonyl (C=O) groups is 1. The highest BCUT2D eigenvalue weighted by Crippen LogP contribution is 2.08. The van der Waals surface area contributed by atoms with Gasteiger partial charge in [0.2, 0.25) is 0 Å². The normalized spacial score (nSPS) is 10.6. The maximum absolute atomic E-state index is 12.1. The number of aliphatic hydroxyl groups excluding tert-OH is 1. The zero-order valence-electron chi connectivity index (χ0n) is 10.6. The Morgan fingerprint density at radius 2 is 2.22 bits per heavy atom. The van der Waals surface area contributed by atoms with Crippen molar-refractivity contribution in [1.82, 2.24) is 10.1 Å². The van der Waals surface area contributed by atoms with Crippen molar-refractivity contribution >= 4 is 5.91 Å². The van der Waals surface area contributed by atoms with Gasteiger partial charge in [-0.25, -0.2) is 0 Å². The van der Waals surface area contributed by atoms with Crippen molar-refractivity contribution in [3.8, 4) is 0 Å². The van der Waals surface area contributed by atoms with E-state index in [1.54, 1.807) is 7.11 Å². The van der Waals surface area contributed by atoms with Crippen LogP contribution in [-0.4, -0.2) is 61.6 Å². The van der Waals surface area contributed by atoms with Crippen LogP contribution in [0.25, 0.3) is 0 Å². The Bertz CT molecular complexity index is 366. The van der Waals surface area contributed by atoms with Crippen LogP contribution in [0.3, 0.4) is 0 Å². The summed E-state index contributed by atoms with van der Waals surface area (Å²) in [5, 5.41) is 12.6. The number of carbonyl (C=O) groups excluding carboxylic acids is 1. The molecule has 0 unspecified atom stereocenters. The van der Waals surface area contributed by atoms with Gasteiger partial charge in [-0.1, -0.05) is 5.16 Å². The molecule has 1 heterocycles.